The first-order valence-corrected chi connectivity index (χ1v) is 15.6. The Labute approximate surface area is 247 Å². The molecule has 16 heteroatoms. The fourth-order valence-electron chi connectivity index (χ4n) is 3.85. The number of anilines is 1. The number of aliphatic hydroxyl groups is 3. The lowest BCUT2D eigenvalue weighted by atomic mass is 9.96. The van der Waals surface area contributed by atoms with Crippen molar-refractivity contribution in [3.8, 4) is 0 Å². The second kappa shape index (κ2) is 14.3. The molecule has 0 spiro atoms. The summed E-state index contributed by atoms with van der Waals surface area (Å²) < 4.78 is 31.6. The van der Waals surface area contributed by atoms with Crippen molar-refractivity contribution in [1.82, 2.24) is 14.6 Å². The van der Waals surface area contributed by atoms with Crippen molar-refractivity contribution >= 4 is 36.3 Å². The van der Waals surface area contributed by atoms with Gasteiger partial charge in [0.1, 0.15) is 23.6 Å². The van der Waals surface area contributed by atoms with E-state index in [1.54, 1.807) is 38.1 Å². The Morgan fingerprint density at radius 3 is 2.55 bits per heavy atom. The van der Waals surface area contributed by atoms with E-state index in [9.17, 15) is 34.3 Å². The molecule has 0 bridgehead atoms. The Kier molecular flexibility index (Phi) is 11.6. The van der Waals surface area contributed by atoms with Crippen LogP contribution in [0.15, 0.2) is 47.4 Å². The quantitative estimate of drug-likeness (QED) is 0.149. The third-order valence-electron chi connectivity index (χ3n) is 6.40. The molecule has 2 heterocycles. The average Bonchev–Trinajstić information content (AvgIpc) is 3.17. The molecule has 3 rings (SSSR count). The zero-order valence-electron chi connectivity index (χ0n) is 23.8. The molecule has 2 unspecified atom stereocenters. The summed E-state index contributed by atoms with van der Waals surface area (Å²) in [5.74, 6) is -0.292. The van der Waals surface area contributed by atoms with E-state index in [1.165, 1.54) is 26.1 Å². The Balaban J connectivity index is 1.70. The number of aromatic nitrogens is 2. The molecular weight excluding hydrogens is 591 g/mol. The molecule has 42 heavy (non-hydrogen) atoms. The summed E-state index contributed by atoms with van der Waals surface area (Å²) in [4.78, 5) is 39.9. The smallest absolute Gasteiger partial charge is 0.395 e. The Morgan fingerprint density at radius 1 is 1.24 bits per heavy atom. The number of nitrogens with zero attached hydrogens (tertiary/aromatic N) is 2. The molecular formula is C26H37N4O10PS. The molecule has 5 N–H and O–H groups in total. The van der Waals surface area contributed by atoms with Crippen molar-refractivity contribution in [2.45, 2.75) is 58.3 Å². The van der Waals surface area contributed by atoms with Crippen molar-refractivity contribution in [3.63, 3.8) is 0 Å². The topological polar surface area (TPSA) is 199 Å². The van der Waals surface area contributed by atoms with Gasteiger partial charge in [-0.15, -0.1) is 0 Å². The first-order valence-electron chi connectivity index (χ1n) is 13.1. The van der Waals surface area contributed by atoms with Gasteiger partial charge in [0.25, 0.3) is 0 Å². The molecule has 14 nitrogen and oxygen atoms in total. The number of nitrogens with one attached hydrogen (secondary N) is 2. The number of carbonyl (C=O) groups is 2. The van der Waals surface area contributed by atoms with Crippen LogP contribution in [-0.4, -0.2) is 79.3 Å². The van der Waals surface area contributed by atoms with E-state index in [-0.39, 0.29) is 36.4 Å². The van der Waals surface area contributed by atoms with Gasteiger partial charge in [-0.2, -0.15) is 4.98 Å². The van der Waals surface area contributed by atoms with Crippen LogP contribution in [0, 0.1) is 5.41 Å². The highest BCUT2D eigenvalue weighted by molar-refractivity contribution is 8.13. The second-order valence-electron chi connectivity index (χ2n) is 10.5. The molecule has 1 aromatic heterocycles. The van der Waals surface area contributed by atoms with Crippen LogP contribution in [-0.2, 0) is 34.5 Å². The van der Waals surface area contributed by atoms with Gasteiger partial charge in [-0.05, 0) is 32.4 Å². The van der Waals surface area contributed by atoms with E-state index in [0.717, 1.165) is 21.9 Å². The Morgan fingerprint density at radius 2 is 1.93 bits per heavy atom. The van der Waals surface area contributed by atoms with Gasteiger partial charge in [0.2, 0.25) is 5.91 Å². The standard InChI is InChI=1S/C26H37N4O10PS/c1-17(32)28-20-10-11-30(24(35)29-20)22-26(4,36)21(33)19(40-22)15-39-41(37,27-14-18-8-6-5-7-9-18)38-12-13-42-23(34)25(2,3)16-31/h5-11,19,21-22,31,33,36H,12-16H2,1-4H3,(H,27,37)(H,28,29,32,35)/t19-,21?,22-,26+,41?/m1/s1. The maximum Gasteiger partial charge on any atom is 0.405 e. The highest BCUT2D eigenvalue weighted by Gasteiger charge is 2.54. The molecule has 5 atom stereocenters. The van der Waals surface area contributed by atoms with Crippen LogP contribution in [0.3, 0.4) is 0 Å². The normalized spacial score (nSPS) is 23.8. The number of hydrogen-bond donors (Lipinski definition) is 5. The zero-order chi connectivity index (χ0) is 31.1. The predicted octanol–water partition coefficient (Wildman–Crippen LogP) is 1.42. The Hall–Kier alpha value is -2.46. The maximum absolute atomic E-state index is 13.7. The molecule has 1 amide bonds. The molecule has 2 aromatic rings. The fourth-order valence-corrected chi connectivity index (χ4v) is 6.09. The largest absolute Gasteiger partial charge is 0.405 e. The predicted molar refractivity (Wildman–Crippen MR) is 154 cm³/mol. The van der Waals surface area contributed by atoms with Crippen LogP contribution in [0.2, 0.25) is 0 Å². The number of rotatable bonds is 14. The summed E-state index contributed by atoms with van der Waals surface area (Å²) in [6, 6.07) is 10.4. The van der Waals surface area contributed by atoms with E-state index in [1.807, 2.05) is 6.07 Å². The number of ether oxygens (including phenoxy) is 1. The van der Waals surface area contributed by atoms with Crippen LogP contribution in [0.5, 0.6) is 0 Å². The third kappa shape index (κ3) is 8.78. The van der Waals surface area contributed by atoms with Gasteiger partial charge in [-0.3, -0.25) is 23.2 Å². The van der Waals surface area contributed by atoms with Gasteiger partial charge in [-0.25, -0.2) is 14.4 Å². The number of aliphatic hydroxyl groups excluding tert-OH is 2. The van der Waals surface area contributed by atoms with Crippen LogP contribution < -0.4 is 16.1 Å². The highest BCUT2D eigenvalue weighted by Crippen LogP contribution is 2.46. The zero-order valence-corrected chi connectivity index (χ0v) is 25.5. The summed E-state index contributed by atoms with van der Waals surface area (Å²) in [6.07, 6.45) is -2.94. The number of benzene rings is 1. The van der Waals surface area contributed by atoms with E-state index >= 15 is 0 Å². The molecule has 0 radical (unpaired) electrons. The minimum absolute atomic E-state index is 0.00388. The summed E-state index contributed by atoms with van der Waals surface area (Å²) in [7, 11) is -4.05. The molecule has 1 fully saturated rings. The highest BCUT2D eigenvalue weighted by atomic mass is 32.2. The third-order valence-corrected chi connectivity index (χ3v) is 9.14. The first-order chi connectivity index (χ1) is 19.7. The van der Waals surface area contributed by atoms with Gasteiger partial charge in [0, 0.05) is 25.4 Å². The number of thioether (sulfide) groups is 1. The fraction of sp³-hybridized carbons (Fsp3) is 0.538. The maximum atomic E-state index is 13.7. The second-order valence-corrected chi connectivity index (χ2v) is 13.4. The minimum Gasteiger partial charge on any atom is -0.395 e. The van der Waals surface area contributed by atoms with Crippen molar-refractivity contribution in [1.29, 1.82) is 0 Å². The lowest BCUT2D eigenvalue weighted by molar-refractivity contribution is -0.120. The average molecular weight is 629 g/mol. The van der Waals surface area contributed by atoms with Gasteiger partial charge >= 0.3 is 13.4 Å². The summed E-state index contributed by atoms with van der Waals surface area (Å²) in [5, 5.41) is 36.1. The van der Waals surface area contributed by atoms with Gasteiger partial charge in [0.15, 0.2) is 11.3 Å². The molecule has 232 valence electrons. The van der Waals surface area contributed by atoms with E-state index in [0.29, 0.717) is 0 Å². The summed E-state index contributed by atoms with van der Waals surface area (Å²) in [6.45, 7) is 4.88. The van der Waals surface area contributed by atoms with Gasteiger partial charge < -0.3 is 25.4 Å². The number of amides is 1. The van der Waals surface area contributed by atoms with Crippen LogP contribution >= 0.6 is 19.5 Å². The number of hydrogen-bond acceptors (Lipinski definition) is 12. The SMILES string of the molecule is CC(=O)Nc1ccn([C@@H]2O[C@H](COP(=O)(NCc3ccccc3)OCCSC(=O)C(C)(C)CO)C(O)[C@]2(C)O)c(=O)n1. The molecule has 0 aliphatic carbocycles. The summed E-state index contributed by atoms with van der Waals surface area (Å²) in [5.41, 5.74) is -2.99. The molecule has 1 aliphatic heterocycles. The van der Waals surface area contributed by atoms with Crippen LogP contribution in [0.4, 0.5) is 5.82 Å². The monoisotopic (exact) mass is 628 g/mol. The van der Waals surface area contributed by atoms with Gasteiger partial charge in [-0.1, -0.05) is 42.1 Å². The minimum atomic E-state index is -4.05. The van der Waals surface area contributed by atoms with Crippen molar-refractivity contribution in [2.75, 3.05) is 30.9 Å². The first kappa shape index (κ1) is 34.0. The molecule has 0 saturated carbocycles. The van der Waals surface area contributed by atoms with Crippen molar-refractivity contribution in [2.24, 2.45) is 5.41 Å². The molecule has 1 saturated heterocycles. The van der Waals surface area contributed by atoms with Crippen LogP contribution in [0.1, 0.15) is 39.5 Å². The summed E-state index contributed by atoms with van der Waals surface area (Å²) >= 11 is 0.922. The molecule has 1 aromatic carbocycles. The lowest BCUT2D eigenvalue weighted by Gasteiger charge is -2.27. The molecule has 1 aliphatic rings. The van der Waals surface area contributed by atoms with Gasteiger partial charge in [0.05, 0.1) is 25.2 Å². The van der Waals surface area contributed by atoms with Crippen molar-refractivity contribution < 1.29 is 43.3 Å². The van der Waals surface area contributed by atoms with E-state index in [4.69, 9.17) is 13.8 Å². The van der Waals surface area contributed by atoms with E-state index in [2.05, 4.69) is 15.4 Å². The van der Waals surface area contributed by atoms with E-state index < -0.39 is 55.4 Å². The Bertz CT molecular complexity index is 1340. The number of carbonyl (C=O) groups excluding carboxylic acids is 2. The van der Waals surface area contributed by atoms with Crippen LogP contribution in [0.25, 0.3) is 0 Å². The lowest BCUT2D eigenvalue weighted by Crippen LogP contribution is -2.46. The van der Waals surface area contributed by atoms with Crippen molar-refractivity contribution in [3.05, 3.63) is 58.6 Å².